The zero-order valence-corrected chi connectivity index (χ0v) is 69.8. The maximum Gasteiger partial charge on any atom is 0.335 e. The topological polar surface area (TPSA) is 683 Å². The quantitative estimate of drug-likeness (QED) is 0.0207. The van der Waals surface area contributed by atoms with Crippen molar-refractivity contribution in [2.24, 2.45) is 50.2 Å². The van der Waals surface area contributed by atoms with Crippen LogP contribution in [-0.4, -0.2) is 433 Å². The molecular formula is C80H126O44. The molecule has 0 aromatic rings. The molecule has 14 rings (SSSR count). The molecular weight excluding hydrogens is 1660 g/mol. The molecule has 0 aromatic heterocycles. The van der Waals surface area contributed by atoms with Crippen molar-refractivity contribution in [3.8, 4) is 0 Å². The lowest BCUT2D eigenvalue weighted by Gasteiger charge is -2.71. The van der Waals surface area contributed by atoms with Crippen LogP contribution in [0.5, 0.6) is 0 Å². The number of hydrogen-bond acceptors (Lipinski definition) is 43. The molecule has 44 nitrogen and oxygen atoms in total. The predicted octanol–water partition coefficient (Wildman–Crippen LogP) is -9.03. The molecule has 45 unspecified atom stereocenters. The van der Waals surface area contributed by atoms with E-state index in [4.69, 9.17) is 85.3 Å². The van der Waals surface area contributed by atoms with Gasteiger partial charge >= 0.3 is 11.9 Å². The van der Waals surface area contributed by atoms with Crippen molar-refractivity contribution in [1.82, 2.24) is 0 Å². The minimum atomic E-state index is -2.31. The van der Waals surface area contributed by atoms with E-state index in [-0.39, 0.29) is 24.2 Å². The Morgan fingerprint density at radius 3 is 1.46 bits per heavy atom. The molecule has 0 radical (unpaired) electrons. The first-order valence-electron chi connectivity index (χ1n) is 42.8. The first kappa shape index (κ1) is 96.8. The summed E-state index contributed by atoms with van der Waals surface area (Å²) in [4.78, 5) is 44.2. The molecule has 0 aromatic carbocycles. The lowest BCUT2D eigenvalue weighted by Crippen LogP contribution is -2.69. The summed E-state index contributed by atoms with van der Waals surface area (Å²) in [6.07, 6.45) is -70.5. The predicted molar refractivity (Wildman–Crippen MR) is 400 cm³/mol. The van der Waals surface area contributed by atoms with Crippen LogP contribution in [0.4, 0.5) is 0 Å². The molecule has 0 amide bonds. The van der Waals surface area contributed by atoms with E-state index in [1.54, 1.807) is 6.92 Å². The van der Waals surface area contributed by atoms with Gasteiger partial charge in [-0.3, -0.25) is 4.79 Å². The Balaban J connectivity index is 0.710. The third-order valence-corrected chi connectivity index (χ3v) is 30.3. The first-order valence-corrected chi connectivity index (χ1v) is 42.8. The summed E-state index contributed by atoms with van der Waals surface area (Å²) < 4.78 is 108. The lowest BCUT2D eigenvalue weighted by molar-refractivity contribution is -0.392. The number of allylic oxidation sites excluding steroid dienone is 2. The van der Waals surface area contributed by atoms with Gasteiger partial charge in [-0.15, -0.1) is 0 Å². The number of carbonyl (C=O) groups excluding carboxylic acids is 2. The Labute approximate surface area is 712 Å². The van der Waals surface area contributed by atoms with Gasteiger partial charge in [0, 0.05) is 0 Å². The van der Waals surface area contributed by atoms with Crippen LogP contribution >= 0.6 is 0 Å². The average Bonchev–Trinajstić information content (AvgIpc) is 0.672. The smallest absolute Gasteiger partial charge is 0.335 e. The summed E-state index contributed by atoms with van der Waals surface area (Å²) in [7, 11) is 0. The van der Waals surface area contributed by atoms with E-state index in [1.807, 2.05) is 0 Å². The molecule has 9 saturated heterocycles. The van der Waals surface area contributed by atoms with Gasteiger partial charge in [-0.25, -0.2) is 4.79 Å². The van der Waals surface area contributed by atoms with Gasteiger partial charge in [0.2, 0.25) is 6.29 Å². The fraction of sp³-hybridized carbons (Fsp3) is 0.938. The monoisotopic (exact) mass is 1790 g/mol. The Kier molecular flexibility index (Phi) is 29.2. The highest BCUT2D eigenvalue weighted by Crippen LogP contribution is 2.76. The third-order valence-electron chi connectivity index (χ3n) is 30.3. The fourth-order valence-corrected chi connectivity index (χ4v) is 22.6. The van der Waals surface area contributed by atoms with Crippen molar-refractivity contribution in [3.05, 3.63) is 11.6 Å². The van der Waals surface area contributed by atoms with Crippen molar-refractivity contribution >= 4 is 18.2 Å². The maximum absolute atomic E-state index is 16.2. The maximum atomic E-state index is 16.2. The normalized spacial score (nSPS) is 54.8. The van der Waals surface area contributed by atoms with Crippen molar-refractivity contribution in [2.45, 2.75) is 378 Å². The number of carbonyl (C=O) groups is 3. The van der Waals surface area contributed by atoms with Crippen LogP contribution in [0.3, 0.4) is 0 Å². The number of rotatable bonds is 22. The summed E-state index contributed by atoms with van der Waals surface area (Å²) in [6, 6.07) is 0. The summed E-state index contributed by atoms with van der Waals surface area (Å²) in [5, 5.41) is 254. The standard InChI is InChI=1S/C80H126O44/c1-27-40(88)59(119-66-48(96)42(90)32(85)23-108-66)54(102)71(111-27)116-56-28(2)112-73(61(52(56)100)121-68-53(101)57(34(87)25-110-68)117-65-47(95)41(89)31(84)22-107-65)124-74(106)80-17-15-75(3,4)19-30(80)29-9-10-38-76(5)13-12-39(77(6,26-83)37(76)11-14-79(38,8)78(29,7)16-18-80)115-72-55(103)60(120-67-49(97)43(91)33(86)24-109-67)62(63(123-72)64(104)105)122-70-51(99)46(94)58(36(21-82)114-70)118-69-50(98)45(93)44(92)35(20-81)113-69/h9,26-28,30-63,65-73,81-82,84-103H,10-25H2,1-8H3,(H,104,105)/t27?,28?,30?,31?,32?,33?,34?,35?,36?,37?,38?,39?,40?,41?,42?,43?,44?,45?,46?,47?,48?,49?,50?,51?,52?,53?,54?,55?,56?,57?,58?,59?,60?,61?,62?,63?,65?,66?,67?,68?,69?,70?,71?,72?,73?,76-,77-,78+,79+,80-/m0/s1. The Morgan fingerprint density at radius 1 is 0.411 bits per heavy atom. The number of aliphatic carboxylic acids is 1. The Morgan fingerprint density at radius 2 is 0.879 bits per heavy atom. The van der Waals surface area contributed by atoms with E-state index < -0.39 is 349 Å². The summed E-state index contributed by atoms with van der Waals surface area (Å²) in [6.45, 7) is 11.1. The zero-order valence-electron chi connectivity index (χ0n) is 69.8. The van der Waals surface area contributed by atoms with Crippen LogP contribution in [0.2, 0.25) is 0 Å². The molecule has 0 spiro atoms. The minimum absolute atomic E-state index is 0.0935. The Hall–Kier alpha value is -3.21. The van der Waals surface area contributed by atoms with Crippen LogP contribution < -0.4 is 0 Å². The van der Waals surface area contributed by atoms with Gasteiger partial charge in [-0.05, 0) is 117 Å². The van der Waals surface area contributed by atoms with E-state index in [2.05, 4.69) is 40.7 Å². The third kappa shape index (κ3) is 17.3. The number of aliphatic hydroxyl groups excluding tert-OH is 22. The van der Waals surface area contributed by atoms with E-state index in [1.165, 1.54) is 13.8 Å². The average molecular weight is 1790 g/mol. The number of fused-ring (bicyclic) bond motifs is 7. The van der Waals surface area contributed by atoms with Gasteiger partial charge in [0.25, 0.3) is 0 Å². The number of esters is 1. The summed E-state index contributed by atoms with van der Waals surface area (Å²) >= 11 is 0. The van der Waals surface area contributed by atoms with Gasteiger partial charge in [-0.2, -0.15) is 0 Å². The van der Waals surface area contributed by atoms with Crippen molar-refractivity contribution in [1.29, 1.82) is 0 Å². The van der Waals surface area contributed by atoms with Crippen molar-refractivity contribution in [2.75, 3.05) is 39.6 Å². The van der Waals surface area contributed by atoms with Crippen LogP contribution in [0.15, 0.2) is 11.6 Å². The molecule has 9 heterocycles. The van der Waals surface area contributed by atoms with Gasteiger partial charge < -0.3 is 208 Å². The highest BCUT2D eigenvalue weighted by Gasteiger charge is 2.72. The lowest BCUT2D eigenvalue weighted by atomic mass is 9.33. The van der Waals surface area contributed by atoms with Gasteiger partial charge in [-0.1, -0.05) is 53.2 Å². The number of aldehydes is 1. The molecule has 5 aliphatic carbocycles. The van der Waals surface area contributed by atoms with Crippen LogP contribution in [0, 0.1) is 50.2 Å². The van der Waals surface area contributed by atoms with Gasteiger partial charge in [0.1, 0.15) is 177 Å². The molecule has 9 aliphatic heterocycles. The van der Waals surface area contributed by atoms with E-state index in [0.717, 1.165) is 11.9 Å². The molecule has 44 heteroatoms. The Bertz CT molecular complexity index is 3660. The highest BCUT2D eigenvalue weighted by molar-refractivity contribution is 5.79. The van der Waals surface area contributed by atoms with Crippen LogP contribution in [0.1, 0.15) is 120 Å². The zero-order chi connectivity index (χ0) is 90.2. The summed E-state index contributed by atoms with van der Waals surface area (Å²) in [5.41, 5.74) is -4.02. The SMILES string of the molecule is CC1OC(OC2C(C)OC(OC(=O)[C@]34CCC(C)(C)CC3C3=CCC5[C@@]6(C)CCC(OC7OC(C(=O)O)C(OC8OC(CO)C(OC9OC(CO)C(O)C(O)C9O)C(O)C8O)C(OC8OCC(O)C(O)C8O)C7O)[C@@](C)(C=O)C6CC[C@@]5(C)[C@]3(C)CC4)C(OC3OCC(O)C(OC4OCC(O)C(O)C4O)C3O)C2O)C(O)C(OC2OCC(O)C(O)C2O)C1O. The second-order valence-electron chi connectivity index (χ2n) is 38.2. The number of hydrogen-bond donors (Lipinski definition) is 23. The second kappa shape index (κ2) is 37.3. The van der Waals surface area contributed by atoms with Gasteiger partial charge in [0.15, 0.2) is 62.5 Å². The number of aliphatic hydroxyl groups is 22. The molecule has 14 aliphatic rings. The van der Waals surface area contributed by atoms with Gasteiger partial charge in [0.05, 0.1) is 68.8 Å². The number of carboxylic acid groups (broad SMARTS) is 1. The van der Waals surface area contributed by atoms with E-state index in [9.17, 15) is 127 Å². The van der Waals surface area contributed by atoms with E-state index in [0.29, 0.717) is 51.4 Å². The molecule has 710 valence electrons. The molecule has 4 saturated carbocycles. The van der Waals surface area contributed by atoms with E-state index >= 15 is 4.79 Å². The van der Waals surface area contributed by atoms with Crippen molar-refractivity contribution < 1.29 is 217 Å². The largest absolute Gasteiger partial charge is 0.479 e. The molecule has 13 fully saturated rings. The molecule has 23 N–H and O–H groups in total. The molecule has 50 atom stereocenters. The molecule has 124 heavy (non-hydrogen) atoms. The number of ether oxygens (including phenoxy) is 18. The second-order valence-corrected chi connectivity index (χ2v) is 38.2. The fourth-order valence-electron chi connectivity index (χ4n) is 22.6. The minimum Gasteiger partial charge on any atom is -0.479 e. The highest BCUT2D eigenvalue weighted by atomic mass is 16.8. The van der Waals surface area contributed by atoms with Crippen molar-refractivity contribution in [3.63, 3.8) is 0 Å². The summed E-state index contributed by atoms with van der Waals surface area (Å²) in [5.74, 6) is -3.74. The first-order chi connectivity index (χ1) is 58.3. The molecule has 0 bridgehead atoms. The van der Waals surface area contributed by atoms with Crippen LogP contribution in [0.25, 0.3) is 0 Å². The number of carboxylic acids is 1. The van der Waals surface area contributed by atoms with Crippen LogP contribution in [-0.2, 0) is 99.6 Å².